The van der Waals surface area contributed by atoms with Crippen LogP contribution in [0.1, 0.15) is 48.3 Å². The van der Waals surface area contributed by atoms with E-state index < -0.39 is 29.3 Å². The van der Waals surface area contributed by atoms with Crippen LogP contribution in [0.5, 0.6) is 0 Å². The number of carboxylic acid groups (broad SMARTS) is 2. The molecule has 0 bridgehead atoms. The van der Waals surface area contributed by atoms with E-state index in [-0.39, 0.29) is 24.5 Å². The molecule has 1 fully saturated rings. The second-order valence-corrected chi connectivity index (χ2v) is 12.3. The molecule has 5 rings (SSSR count). The highest BCUT2D eigenvalue weighted by Crippen LogP contribution is 2.52. The summed E-state index contributed by atoms with van der Waals surface area (Å²) >= 11 is 6.44. The van der Waals surface area contributed by atoms with Gasteiger partial charge in [0.2, 0.25) is 0 Å². The van der Waals surface area contributed by atoms with Gasteiger partial charge in [-0.2, -0.15) is 0 Å². The Labute approximate surface area is 269 Å². The number of benzene rings is 3. The highest BCUT2D eigenvalue weighted by molar-refractivity contribution is 6.30. The maximum Gasteiger partial charge on any atom is 0.334 e. The lowest BCUT2D eigenvalue weighted by molar-refractivity contribution is -0.153. The van der Waals surface area contributed by atoms with Crippen LogP contribution in [0.15, 0.2) is 96.2 Å². The first kappa shape index (κ1) is 32.7. The Morgan fingerprint density at radius 3 is 2.22 bits per heavy atom. The molecule has 1 saturated heterocycles. The molecule has 45 heavy (non-hydrogen) atoms. The van der Waals surface area contributed by atoms with Gasteiger partial charge < -0.3 is 25.0 Å². The number of morpholine rings is 1. The summed E-state index contributed by atoms with van der Waals surface area (Å²) < 4.78 is 11.4. The van der Waals surface area contributed by atoms with E-state index in [2.05, 4.69) is 34.5 Å². The number of nitrogens with zero attached hydrogens (tertiary/aromatic N) is 1. The molecule has 9 heteroatoms. The molecular formula is C36H41ClN2O6. The highest BCUT2D eigenvalue weighted by atomic mass is 35.5. The fraction of sp³-hybridized carbons (Fsp3) is 0.389. The Kier molecular flexibility index (Phi) is 10.9. The average molecular weight is 633 g/mol. The molecule has 3 N–H and O–H groups in total. The molecule has 2 aliphatic heterocycles. The van der Waals surface area contributed by atoms with Crippen LogP contribution in [-0.4, -0.2) is 79.2 Å². The number of hydrogen-bond acceptors (Lipinski definition) is 6. The van der Waals surface area contributed by atoms with E-state index in [9.17, 15) is 19.8 Å². The first-order valence-electron chi connectivity index (χ1n) is 15.5. The Morgan fingerprint density at radius 2 is 1.64 bits per heavy atom. The zero-order chi connectivity index (χ0) is 31.8. The second kappa shape index (κ2) is 15.1. The topological polar surface area (TPSA) is 108 Å². The van der Waals surface area contributed by atoms with Crippen LogP contribution in [0.2, 0.25) is 5.02 Å². The van der Waals surface area contributed by atoms with Gasteiger partial charge in [0.15, 0.2) is 0 Å². The highest BCUT2D eigenvalue weighted by Gasteiger charge is 2.56. The summed E-state index contributed by atoms with van der Waals surface area (Å²) in [6, 6.07) is 26.3. The maximum atomic E-state index is 13.6. The van der Waals surface area contributed by atoms with Crippen molar-refractivity contribution in [3.05, 3.63) is 118 Å². The maximum absolute atomic E-state index is 13.6. The van der Waals surface area contributed by atoms with Gasteiger partial charge in [-0.3, -0.25) is 9.69 Å². The third kappa shape index (κ3) is 7.42. The minimum atomic E-state index is -1.50. The second-order valence-electron chi connectivity index (χ2n) is 11.8. The number of ether oxygens (including phenoxy) is 2. The summed E-state index contributed by atoms with van der Waals surface area (Å²) in [5.74, 6) is -3.30. The van der Waals surface area contributed by atoms with Crippen molar-refractivity contribution in [2.75, 3.05) is 46.1 Å². The smallest absolute Gasteiger partial charge is 0.334 e. The predicted molar refractivity (Wildman–Crippen MR) is 174 cm³/mol. The van der Waals surface area contributed by atoms with Gasteiger partial charge >= 0.3 is 11.9 Å². The van der Waals surface area contributed by atoms with Gasteiger partial charge in [-0.25, -0.2) is 4.79 Å². The molecule has 2 aliphatic rings. The van der Waals surface area contributed by atoms with Crippen molar-refractivity contribution in [1.29, 1.82) is 0 Å². The van der Waals surface area contributed by atoms with Crippen molar-refractivity contribution in [3.8, 4) is 0 Å². The first-order valence-corrected chi connectivity index (χ1v) is 15.9. The van der Waals surface area contributed by atoms with Crippen LogP contribution >= 0.6 is 11.6 Å². The number of aliphatic carboxylic acids is 2. The van der Waals surface area contributed by atoms with Crippen LogP contribution in [-0.2, 0) is 19.1 Å². The minimum absolute atomic E-state index is 0.000103. The summed E-state index contributed by atoms with van der Waals surface area (Å²) in [5, 5.41) is 25.5. The molecule has 3 aromatic carbocycles. The lowest BCUT2D eigenvalue weighted by Crippen LogP contribution is -2.57. The Morgan fingerprint density at radius 1 is 1.00 bits per heavy atom. The number of rotatable bonds is 13. The number of carbonyl (C=O) groups is 2. The van der Waals surface area contributed by atoms with Gasteiger partial charge in [0.1, 0.15) is 0 Å². The quantitative estimate of drug-likeness (QED) is 0.203. The number of hydrogen-bond donors (Lipinski definition) is 3. The van der Waals surface area contributed by atoms with Crippen LogP contribution < -0.4 is 5.32 Å². The van der Waals surface area contributed by atoms with Crippen molar-refractivity contribution >= 4 is 23.5 Å². The Balaban J connectivity index is 1.52. The Hall–Kier alpha value is -3.69. The lowest BCUT2D eigenvalue weighted by Gasteiger charge is -2.48. The summed E-state index contributed by atoms with van der Waals surface area (Å²) in [5.41, 5.74) is 1.59. The van der Waals surface area contributed by atoms with Crippen molar-refractivity contribution in [2.45, 2.75) is 37.6 Å². The molecule has 0 radical (unpaired) electrons. The molecule has 0 aromatic heterocycles. The molecule has 0 saturated carbocycles. The minimum Gasteiger partial charge on any atom is -0.481 e. The van der Waals surface area contributed by atoms with E-state index >= 15 is 0 Å². The van der Waals surface area contributed by atoms with E-state index in [1.165, 1.54) is 0 Å². The Bertz CT molecular complexity index is 1440. The molecule has 0 amide bonds. The molecule has 3 unspecified atom stereocenters. The number of halogens is 1. The lowest BCUT2D eigenvalue weighted by atomic mass is 9.59. The molecule has 3 atom stereocenters. The summed E-state index contributed by atoms with van der Waals surface area (Å²) in [6.07, 6.45) is 0.700. The molecule has 238 valence electrons. The standard InChI is InChI=1S/C36H41ClN2O6/c1-25-36(35(42)43,16-15-30(26-9-4-2-5-10-26)27-11-6-3-7-12-27)33(28-13-8-14-29(37)23-28)32(34(40)41)31(38-25)24-45-22-19-39-17-20-44-21-18-39/h2-14,23,25,30,33,38H,15-22,24H2,1H3,(H,40,41)(H,42,43). The van der Waals surface area contributed by atoms with E-state index in [1.54, 1.807) is 24.3 Å². The third-order valence-corrected chi connectivity index (χ3v) is 9.49. The van der Waals surface area contributed by atoms with Crippen molar-refractivity contribution in [3.63, 3.8) is 0 Å². The first-order chi connectivity index (χ1) is 21.8. The van der Waals surface area contributed by atoms with E-state index in [4.69, 9.17) is 21.1 Å². The van der Waals surface area contributed by atoms with Gasteiger partial charge in [0.05, 0.1) is 37.4 Å². The van der Waals surface area contributed by atoms with Crippen LogP contribution in [0.25, 0.3) is 0 Å². The molecule has 8 nitrogen and oxygen atoms in total. The van der Waals surface area contributed by atoms with Crippen LogP contribution in [0.3, 0.4) is 0 Å². The number of nitrogens with one attached hydrogen (secondary N) is 1. The van der Waals surface area contributed by atoms with Gasteiger partial charge in [-0.1, -0.05) is 84.4 Å². The van der Waals surface area contributed by atoms with Gasteiger partial charge in [0.25, 0.3) is 0 Å². The van der Waals surface area contributed by atoms with E-state index in [0.717, 1.165) is 24.2 Å². The SMILES string of the molecule is CC1NC(COCCN2CCOCC2)=C(C(=O)O)C(c2cccc(Cl)c2)C1(CCC(c1ccccc1)c1ccccc1)C(=O)O. The zero-order valence-corrected chi connectivity index (χ0v) is 26.3. The van der Waals surface area contributed by atoms with Crippen molar-refractivity contribution in [1.82, 2.24) is 10.2 Å². The van der Waals surface area contributed by atoms with Gasteiger partial charge in [0, 0.05) is 48.2 Å². The summed E-state index contributed by atoms with van der Waals surface area (Å²) in [4.78, 5) is 29.0. The van der Waals surface area contributed by atoms with Crippen LogP contribution in [0.4, 0.5) is 0 Å². The van der Waals surface area contributed by atoms with E-state index in [0.29, 0.717) is 49.1 Å². The molecule has 3 aromatic rings. The van der Waals surface area contributed by atoms with Crippen LogP contribution in [0, 0.1) is 5.41 Å². The van der Waals surface area contributed by atoms with Gasteiger partial charge in [-0.15, -0.1) is 0 Å². The van der Waals surface area contributed by atoms with Crippen molar-refractivity contribution < 1.29 is 29.3 Å². The predicted octanol–water partition coefficient (Wildman–Crippen LogP) is 5.79. The van der Waals surface area contributed by atoms with Crippen molar-refractivity contribution in [2.24, 2.45) is 5.41 Å². The third-order valence-electron chi connectivity index (χ3n) is 9.26. The van der Waals surface area contributed by atoms with E-state index in [1.807, 2.05) is 43.3 Å². The summed E-state index contributed by atoms with van der Waals surface area (Å²) in [6.45, 7) is 5.99. The monoisotopic (exact) mass is 632 g/mol. The zero-order valence-electron chi connectivity index (χ0n) is 25.5. The molecule has 0 aliphatic carbocycles. The molecule has 2 heterocycles. The fourth-order valence-corrected chi connectivity index (χ4v) is 7.12. The van der Waals surface area contributed by atoms with Gasteiger partial charge in [-0.05, 0) is 48.6 Å². The largest absolute Gasteiger partial charge is 0.481 e. The normalized spacial score (nSPS) is 22.3. The average Bonchev–Trinajstić information content (AvgIpc) is 3.05. The summed E-state index contributed by atoms with van der Waals surface area (Å²) in [7, 11) is 0. The molecular weight excluding hydrogens is 592 g/mol. The fourth-order valence-electron chi connectivity index (χ4n) is 6.92. The number of carboxylic acids is 2. The molecule has 0 spiro atoms.